The third kappa shape index (κ3) is 5.00. The lowest BCUT2D eigenvalue weighted by molar-refractivity contribution is 0.168. The van der Waals surface area contributed by atoms with Crippen LogP contribution in [0.15, 0.2) is 55.1 Å². The number of nitrogens with two attached hydrogens (primary N) is 1. The van der Waals surface area contributed by atoms with E-state index >= 15 is 0 Å². The first-order valence-corrected chi connectivity index (χ1v) is 11.2. The summed E-state index contributed by atoms with van der Waals surface area (Å²) in [6.07, 6.45) is 4.50. The largest absolute Gasteiger partial charge is 0.494 e. The van der Waals surface area contributed by atoms with Gasteiger partial charge in [-0.05, 0) is 60.4 Å². The Morgan fingerprint density at radius 3 is 2.85 bits per heavy atom. The number of benzene rings is 2. The number of aromatic nitrogens is 3. The van der Waals surface area contributed by atoms with Gasteiger partial charge in [0.15, 0.2) is 0 Å². The Hall–Kier alpha value is -3.81. The maximum atomic E-state index is 11.8. The van der Waals surface area contributed by atoms with Gasteiger partial charge in [0, 0.05) is 35.8 Å². The molecule has 8 heteroatoms. The van der Waals surface area contributed by atoms with Gasteiger partial charge in [0.2, 0.25) is 0 Å². The summed E-state index contributed by atoms with van der Waals surface area (Å²) in [6.45, 7) is 5.60. The summed E-state index contributed by atoms with van der Waals surface area (Å²) < 4.78 is 12.8. The van der Waals surface area contributed by atoms with Crippen LogP contribution in [-0.2, 0) is 11.3 Å². The highest BCUT2D eigenvalue weighted by molar-refractivity contribution is 5.99. The number of nitrogens with one attached hydrogen (secondary N) is 1. The molecule has 0 bridgehead atoms. The first-order valence-electron chi connectivity index (χ1n) is 11.2. The summed E-state index contributed by atoms with van der Waals surface area (Å²) >= 11 is 0. The maximum absolute atomic E-state index is 11.8. The molecule has 33 heavy (non-hydrogen) atoms. The number of fused-ring (bicyclic) bond motifs is 1. The molecule has 1 aliphatic carbocycles. The summed E-state index contributed by atoms with van der Waals surface area (Å²) in [4.78, 5) is 15.8. The fourth-order valence-corrected chi connectivity index (χ4v) is 4.25. The number of amides is 1. The topological polar surface area (TPSA) is 104 Å². The zero-order valence-corrected chi connectivity index (χ0v) is 19.0. The van der Waals surface area contributed by atoms with Crippen molar-refractivity contribution in [1.82, 2.24) is 14.8 Å². The van der Waals surface area contributed by atoms with Crippen molar-refractivity contribution in [2.24, 2.45) is 5.73 Å². The van der Waals surface area contributed by atoms with Crippen molar-refractivity contribution in [2.45, 2.75) is 39.2 Å². The fourth-order valence-electron chi connectivity index (χ4n) is 4.25. The minimum Gasteiger partial charge on any atom is -0.494 e. The van der Waals surface area contributed by atoms with Crippen LogP contribution in [0.2, 0.25) is 0 Å². The molecule has 3 aromatic rings. The number of rotatable bonds is 9. The molecule has 4 rings (SSSR count). The van der Waals surface area contributed by atoms with Gasteiger partial charge in [0.1, 0.15) is 18.4 Å². The lowest BCUT2D eigenvalue weighted by atomic mass is 9.89. The number of carbonyl (C=O) groups excluding carboxylic acids is 1. The second-order valence-electron chi connectivity index (χ2n) is 7.82. The zero-order valence-electron chi connectivity index (χ0n) is 19.0. The first kappa shape index (κ1) is 22.4. The molecule has 1 aromatic heterocycles. The second-order valence-corrected chi connectivity index (χ2v) is 7.82. The Morgan fingerprint density at radius 1 is 1.21 bits per heavy atom. The maximum Gasteiger partial charge on any atom is 0.411 e. The molecule has 3 N–H and O–H groups in total. The fraction of sp³-hybridized carbons (Fsp3) is 0.320. The predicted octanol–water partition coefficient (Wildman–Crippen LogP) is 4.65. The Morgan fingerprint density at radius 2 is 2.09 bits per heavy atom. The van der Waals surface area contributed by atoms with E-state index in [0.29, 0.717) is 18.9 Å². The minimum atomic E-state index is -0.469. The average molecular weight is 448 g/mol. The van der Waals surface area contributed by atoms with Gasteiger partial charge in [0.25, 0.3) is 0 Å². The normalized spacial score (nSPS) is 14.8. The summed E-state index contributed by atoms with van der Waals surface area (Å²) in [5, 5.41) is 6.87. The number of anilines is 1. The number of hydrogen-bond donors (Lipinski definition) is 2. The molecule has 0 radical (unpaired) electrons. The van der Waals surface area contributed by atoms with Crippen molar-refractivity contribution in [2.75, 3.05) is 18.5 Å². The van der Waals surface area contributed by atoms with Crippen molar-refractivity contribution >= 4 is 23.1 Å². The van der Waals surface area contributed by atoms with Crippen LogP contribution >= 0.6 is 0 Å². The van der Waals surface area contributed by atoms with E-state index in [9.17, 15) is 4.79 Å². The van der Waals surface area contributed by atoms with Crippen LogP contribution in [0.3, 0.4) is 0 Å². The van der Waals surface area contributed by atoms with E-state index in [4.69, 9.17) is 15.2 Å². The molecule has 172 valence electrons. The van der Waals surface area contributed by atoms with Gasteiger partial charge in [-0.3, -0.25) is 10.00 Å². The number of carbonyl (C=O) groups is 1. The zero-order chi connectivity index (χ0) is 23.2. The highest BCUT2D eigenvalue weighted by Crippen LogP contribution is 2.47. The third-order valence-corrected chi connectivity index (χ3v) is 5.70. The molecule has 0 aliphatic heterocycles. The van der Waals surface area contributed by atoms with E-state index in [0.717, 1.165) is 47.5 Å². The molecule has 1 unspecified atom stereocenters. The molecule has 1 aliphatic rings. The van der Waals surface area contributed by atoms with Crippen LogP contribution in [0, 0.1) is 0 Å². The summed E-state index contributed by atoms with van der Waals surface area (Å²) in [5.74, 6) is 0.981. The van der Waals surface area contributed by atoms with Gasteiger partial charge in [-0.25, -0.2) is 9.78 Å². The first-order chi connectivity index (χ1) is 16.1. The number of aryl methyl sites for hydroxylation is 1. The van der Waals surface area contributed by atoms with Gasteiger partial charge in [-0.15, -0.1) is 0 Å². The predicted molar refractivity (Wildman–Crippen MR) is 128 cm³/mol. The molecule has 1 heterocycles. The van der Waals surface area contributed by atoms with Crippen molar-refractivity contribution in [3.05, 3.63) is 71.8 Å². The third-order valence-electron chi connectivity index (χ3n) is 5.70. The molecule has 0 fully saturated rings. The number of hydrogen-bond acceptors (Lipinski definition) is 6. The molecule has 1 atom stereocenters. The van der Waals surface area contributed by atoms with Gasteiger partial charge in [0.05, 0.1) is 13.2 Å². The Labute approximate surface area is 193 Å². The summed E-state index contributed by atoms with van der Waals surface area (Å²) in [6, 6.07) is 13.8. The van der Waals surface area contributed by atoms with Crippen LogP contribution < -0.4 is 15.8 Å². The molecule has 0 spiro atoms. The SMILES string of the molecule is CCOC(=O)Nc1cccc(C2=C(N)c3ccc(OCCCn4cncn4)cc3C2CC)c1. The summed E-state index contributed by atoms with van der Waals surface area (Å²) in [7, 11) is 0. The molecule has 8 nitrogen and oxygen atoms in total. The highest BCUT2D eigenvalue weighted by Gasteiger charge is 2.30. The smallest absolute Gasteiger partial charge is 0.411 e. The van der Waals surface area contributed by atoms with E-state index < -0.39 is 6.09 Å². The quantitative estimate of drug-likeness (QED) is 0.463. The Bertz CT molecular complexity index is 1140. The molecule has 2 aromatic carbocycles. The van der Waals surface area contributed by atoms with Crippen LogP contribution in [0.25, 0.3) is 11.3 Å². The Kier molecular flexibility index (Phi) is 6.92. The Balaban J connectivity index is 1.49. The van der Waals surface area contributed by atoms with E-state index in [1.54, 1.807) is 17.9 Å². The van der Waals surface area contributed by atoms with Crippen LogP contribution in [0.5, 0.6) is 5.75 Å². The lowest BCUT2D eigenvalue weighted by Gasteiger charge is -2.17. The van der Waals surface area contributed by atoms with E-state index in [2.05, 4.69) is 28.4 Å². The van der Waals surface area contributed by atoms with E-state index in [-0.39, 0.29) is 5.92 Å². The highest BCUT2D eigenvalue weighted by atomic mass is 16.5. The number of ether oxygens (including phenoxy) is 2. The van der Waals surface area contributed by atoms with Crippen LogP contribution in [-0.4, -0.2) is 34.1 Å². The summed E-state index contributed by atoms with van der Waals surface area (Å²) in [5.41, 5.74) is 12.3. The standard InChI is InChI=1S/C25H29N5O3/c1-3-20-22-14-19(33-12-6-11-30-16-27-15-28-30)9-10-21(22)24(26)23(20)17-7-5-8-18(13-17)29-25(31)32-4-2/h5,7-10,13-16,20H,3-4,6,11-12,26H2,1-2H3,(H,29,31). The van der Waals surface area contributed by atoms with Crippen molar-refractivity contribution in [3.63, 3.8) is 0 Å². The van der Waals surface area contributed by atoms with Gasteiger partial charge >= 0.3 is 6.09 Å². The average Bonchev–Trinajstić information content (AvgIpc) is 3.43. The van der Waals surface area contributed by atoms with Crippen molar-refractivity contribution in [3.8, 4) is 5.75 Å². The molecule has 0 saturated heterocycles. The van der Waals surface area contributed by atoms with Gasteiger partial charge < -0.3 is 15.2 Å². The molecule has 1 amide bonds. The van der Waals surface area contributed by atoms with Crippen molar-refractivity contribution < 1.29 is 14.3 Å². The minimum absolute atomic E-state index is 0.150. The molecular weight excluding hydrogens is 418 g/mol. The monoisotopic (exact) mass is 447 g/mol. The second kappa shape index (κ2) is 10.2. The number of nitrogens with zero attached hydrogens (tertiary/aromatic N) is 3. The lowest BCUT2D eigenvalue weighted by Crippen LogP contribution is -2.13. The molecular formula is C25H29N5O3. The number of allylic oxidation sites excluding steroid dienone is 1. The molecule has 0 saturated carbocycles. The van der Waals surface area contributed by atoms with E-state index in [1.807, 2.05) is 36.4 Å². The van der Waals surface area contributed by atoms with Gasteiger partial charge in [-0.2, -0.15) is 5.10 Å². The van der Waals surface area contributed by atoms with E-state index in [1.165, 1.54) is 11.9 Å². The van der Waals surface area contributed by atoms with Gasteiger partial charge in [-0.1, -0.05) is 19.1 Å². The van der Waals surface area contributed by atoms with Crippen molar-refractivity contribution in [1.29, 1.82) is 0 Å². The van der Waals surface area contributed by atoms with Crippen LogP contribution in [0.4, 0.5) is 10.5 Å². The van der Waals surface area contributed by atoms with Crippen LogP contribution in [0.1, 0.15) is 49.3 Å².